The van der Waals surface area contributed by atoms with Gasteiger partial charge in [0.25, 0.3) is 0 Å². The fraction of sp³-hybridized carbons (Fsp3) is 0.217. The summed E-state index contributed by atoms with van der Waals surface area (Å²) >= 11 is 2.31. The maximum Gasteiger partial charge on any atom is 0.248 e. The summed E-state index contributed by atoms with van der Waals surface area (Å²) in [7, 11) is 1.53. The number of hydrogen-bond acceptors (Lipinski definition) is 9. The van der Waals surface area contributed by atoms with Gasteiger partial charge in [0.2, 0.25) is 28.8 Å². The Balaban J connectivity index is 1.27. The fourth-order valence-corrected chi connectivity index (χ4v) is 5.09. The molecule has 4 N–H and O–H groups in total. The molecule has 36 heavy (non-hydrogen) atoms. The minimum Gasteiger partial charge on any atom is -0.495 e. The molecule has 1 atom stereocenters. The highest BCUT2D eigenvalue weighted by Crippen LogP contribution is 2.33. The number of aromatic nitrogens is 2. The number of carbonyl (C=O) groups is 4. The number of thioether (sulfide) groups is 1. The van der Waals surface area contributed by atoms with E-state index in [0.29, 0.717) is 27.0 Å². The predicted octanol–water partition coefficient (Wildman–Crippen LogP) is 2.37. The summed E-state index contributed by atoms with van der Waals surface area (Å²) in [6.45, 7) is 0.228. The summed E-state index contributed by atoms with van der Waals surface area (Å²) in [6, 6.07) is 13.4. The minimum atomic E-state index is -0.547. The van der Waals surface area contributed by atoms with E-state index in [-0.39, 0.29) is 41.6 Å². The number of rotatable bonds is 9. The molecule has 0 unspecified atom stereocenters. The van der Waals surface area contributed by atoms with E-state index in [1.54, 1.807) is 35.2 Å². The van der Waals surface area contributed by atoms with Crippen molar-refractivity contribution in [1.29, 1.82) is 0 Å². The molecule has 1 aromatic heterocycles. The van der Waals surface area contributed by atoms with Crippen molar-refractivity contribution in [2.45, 2.75) is 10.8 Å². The van der Waals surface area contributed by atoms with E-state index < -0.39 is 11.8 Å². The van der Waals surface area contributed by atoms with Crippen LogP contribution in [0.4, 0.5) is 16.5 Å². The molecule has 13 heteroatoms. The van der Waals surface area contributed by atoms with Crippen LogP contribution >= 0.6 is 23.1 Å². The van der Waals surface area contributed by atoms with E-state index in [1.807, 2.05) is 6.07 Å². The van der Waals surface area contributed by atoms with Crippen molar-refractivity contribution < 1.29 is 23.9 Å². The number of anilines is 3. The molecule has 0 saturated carbocycles. The van der Waals surface area contributed by atoms with Gasteiger partial charge in [0.05, 0.1) is 24.5 Å². The highest BCUT2D eigenvalue weighted by atomic mass is 32.2. The van der Waals surface area contributed by atoms with Gasteiger partial charge in [-0.25, -0.2) is 0 Å². The Kier molecular flexibility index (Phi) is 7.80. The first-order valence-corrected chi connectivity index (χ1v) is 12.5. The summed E-state index contributed by atoms with van der Waals surface area (Å²) in [5, 5.41) is 13.7. The van der Waals surface area contributed by atoms with Gasteiger partial charge in [-0.1, -0.05) is 35.2 Å². The molecule has 0 aliphatic carbocycles. The van der Waals surface area contributed by atoms with Gasteiger partial charge in [0.15, 0.2) is 4.34 Å². The average Bonchev–Trinajstić information content (AvgIpc) is 3.49. The van der Waals surface area contributed by atoms with E-state index in [4.69, 9.17) is 10.5 Å². The van der Waals surface area contributed by atoms with Crippen molar-refractivity contribution >= 4 is 63.2 Å². The molecule has 0 bridgehead atoms. The molecule has 2 aromatic carbocycles. The van der Waals surface area contributed by atoms with Crippen LogP contribution in [0, 0.1) is 5.92 Å². The number of methoxy groups -OCH3 is 1. The van der Waals surface area contributed by atoms with Crippen LogP contribution < -0.4 is 26.0 Å². The van der Waals surface area contributed by atoms with Crippen molar-refractivity contribution in [2.75, 3.05) is 34.9 Å². The molecule has 11 nitrogen and oxygen atoms in total. The van der Waals surface area contributed by atoms with Gasteiger partial charge >= 0.3 is 0 Å². The van der Waals surface area contributed by atoms with Gasteiger partial charge in [-0.3, -0.25) is 19.2 Å². The summed E-state index contributed by atoms with van der Waals surface area (Å²) in [5.74, 6) is -1.22. The molecule has 1 aliphatic heterocycles. The zero-order valence-electron chi connectivity index (χ0n) is 19.1. The van der Waals surface area contributed by atoms with Crippen molar-refractivity contribution in [3.8, 4) is 5.75 Å². The van der Waals surface area contributed by atoms with Crippen LogP contribution in [0.3, 0.4) is 0 Å². The van der Waals surface area contributed by atoms with Gasteiger partial charge in [-0.05, 0) is 36.4 Å². The van der Waals surface area contributed by atoms with Crippen molar-refractivity contribution in [2.24, 2.45) is 11.7 Å². The Labute approximate surface area is 214 Å². The lowest BCUT2D eigenvalue weighted by atomic mass is 10.1. The molecule has 4 rings (SSSR count). The molecule has 186 valence electrons. The van der Waals surface area contributed by atoms with Crippen LogP contribution in [-0.2, 0) is 14.4 Å². The van der Waals surface area contributed by atoms with Crippen molar-refractivity contribution in [3.05, 3.63) is 54.1 Å². The Morgan fingerprint density at radius 3 is 2.61 bits per heavy atom. The topological polar surface area (TPSA) is 157 Å². The molecule has 1 aliphatic rings. The molecule has 2 heterocycles. The largest absolute Gasteiger partial charge is 0.495 e. The number of primary amides is 1. The second kappa shape index (κ2) is 11.2. The first-order chi connectivity index (χ1) is 17.3. The number of nitrogens with one attached hydrogen (secondary N) is 2. The van der Waals surface area contributed by atoms with E-state index >= 15 is 0 Å². The third-order valence-electron chi connectivity index (χ3n) is 5.29. The van der Waals surface area contributed by atoms with E-state index in [2.05, 4.69) is 20.8 Å². The lowest BCUT2D eigenvalue weighted by molar-refractivity contribution is -0.122. The van der Waals surface area contributed by atoms with Gasteiger partial charge in [0, 0.05) is 24.2 Å². The minimum absolute atomic E-state index is 0.0743. The second-order valence-electron chi connectivity index (χ2n) is 7.72. The molecule has 3 aromatic rings. The fourth-order valence-electron chi connectivity index (χ4n) is 3.54. The summed E-state index contributed by atoms with van der Waals surface area (Å²) in [4.78, 5) is 50.2. The van der Waals surface area contributed by atoms with Crippen LogP contribution in [0.15, 0.2) is 52.9 Å². The van der Waals surface area contributed by atoms with Crippen LogP contribution in [0.2, 0.25) is 0 Å². The normalized spacial score (nSPS) is 15.0. The Morgan fingerprint density at radius 2 is 1.89 bits per heavy atom. The van der Waals surface area contributed by atoms with E-state index in [9.17, 15) is 19.2 Å². The second-order valence-corrected chi connectivity index (χ2v) is 9.92. The summed E-state index contributed by atoms with van der Waals surface area (Å²) in [5.41, 5.74) is 6.70. The van der Waals surface area contributed by atoms with Gasteiger partial charge in [0.1, 0.15) is 5.75 Å². The van der Waals surface area contributed by atoms with Crippen LogP contribution in [0.1, 0.15) is 16.8 Å². The number of nitrogens with two attached hydrogens (primary N) is 1. The lowest BCUT2D eigenvalue weighted by Gasteiger charge is -2.19. The number of hydrogen-bond donors (Lipinski definition) is 3. The number of nitrogens with zero attached hydrogens (tertiary/aromatic N) is 3. The van der Waals surface area contributed by atoms with Crippen LogP contribution in [0.5, 0.6) is 5.75 Å². The first kappa shape index (κ1) is 25.1. The molecule has 1 saturated heterocycles. The highest BCUT2D eigenvalue weighted by molar-refractivity contribution is 8.01. The number of benzene rings is 2. The Bertz CT molecular complexity index is 1300. The first-order valence-electron chi connectivity index (χ1n) is 10.7. The van der Waals surface area contributed by atoms with Crippen molar-refractivity contribution in [3.63, 3.8) is 0 Å². The van der Waals surface area contributed by atoms with Gasteiger partial charge in [-0.2, -0.15) is 0 Å². The zero-order valence-corrected chi connectivity index (χ0v) is 20.7. The predicted molar refractivity (Wildman–Crippen MR) is 136 cm³/mol. The number of carbonyl (C=O) groups excluding carboxylic acids is 4. The molecule has 1 fully saturated rings. The Morgan fingerprint density at radius 1 is 1.14 bits per heavy atom. The SMILES string of the molecule is COc1ccccc1N1C[C@H](C(=O)Nc2nnc(SCC(=O)Nc3ccc(C(N)=O)cc3)s2)CC1=O. The lowest BCUT2D eigenvalue weighted by Crippen LogP contribution is -2.28. The number of para-hydroxylation sites is 2. The maximum absolute atomic E-state index is 12.8. The van der Waals surface area contributed by atoms with Crippen LogP contribution in [-0.4, -0.2) is 53.2 Å². The quantitative estimate of drug-likeness (QED) is 0.283. The third-order valence-corrected chi connectivity index (χ3v) is 7.26. The van der Waals surface area contributed by atoms with Crippen LogP contribution in [0.25, 0.3) is 0 Å². The van der Waals surface area contributed by atoms with Gasteiger partial charge < -0.3 is 26.0 Å². The van der Waals surface area contributed by atoms with E-state index in [0.717, 1.165) is 11.3 Å². The number of amides is 4. The smallest absolute Gasteiger partial charge is 0.248 e. The average molecular weight is 527 g/mol. The molecular formula is C23H22N6O5S2. The monoisotopic (exact) mass is 526 g/mol. The summed E-state index contributed by atoms with van der Waals surface area (Å²) in [6.07, 6.45) is 0.0743. The van der Waals surface area contributed by atoms with Gasteiger partial charge in [-0.15, -0.1) is 10.2 Å². The van der Waals surface area contributed by atoms with Crippen molar-refractivity contribution in [1.82, 2.24) is 10.2 Å². The highest BCUT2D eigenvalue weighted by Gasteiger charge is 2.36. The standard InChI is InChI=1S/C23H22N6O5S2/c1-34-17-5-3-2-4-16(17)29-11-14(10-19(29)31)21(33)26-22-27-28-23(36-22)35-12-18(30)25-15-8-6-13(7-9-15)20(24)32/h2-9,14H,10-12H2,1H3,(H2,24,32)(H,25,30)(H,26,27,33)/t14-/m1/s1. The Hall–Kier alpha value is -3.97. The molecule has 0 radical (unpaired) electrons. The number of ether oxygens (including phenoxy) is 1. The molecular weight excluding hydrogens is 504 g/mol. The third kappa shape index (κ3) is 5.98. The zero-order chi connectivity index (χ0) is 25.7. The summed E-state index contributed by atoms with van der Waals surface area (Å²) < 4.78 is 5.83. The molecule has 0 spiro atoms. The van der Waals surface area contributed by atoms with E-state index in [1.165, 1.54) is 31.0 Å². The maximum atomic E-state index is 12.8. The molecule has 4 amide bonds.